The molecule has 0 bridgehead atoms. The molecule has 0 spiro atoms. The summed E-state index contributed by atoms with van der Waals surface area (Å²) in [6.07, 6.45) is 2.35. The molecule has 78 valence electrons. The minimum Gasteiger partial charge on any atom is -0.481 e. The van der Waals surface area contributed by atoms with Crippen LogP contribution in [0.3, 0.4) is 0 Å². The van der Waals surface area contributed by atoms with E-state index in [1.54, 1.807) is 0 Å². The van der Waals surface area contributed by atoms with Crippen LogP contribution in [-0.4, -0.2) is 29.3 Å². The number of rotatable bonds is 7. The van der Waals surface area contributed by atoms with Crippen molar-refractivity contribution in [3.8, 4) is 0 Å². The van der Waals surface area contributed by atoms with Crippen LogP contribution in [-0.2, 0) is 4.79 Å². The largest absolute Gasteiger partial charge is 0.481 e. The maximum atomic E-state index is 11.0. The molecule has 0 radical (unpaired) electrons. The van der Waals surface area contributed by atoms with Crippen molar-refractivity contribution in [3.05, 3.63) is 0 Å². The maximum Gasteiger partial charge on any atom is 0.310 e. The predicted molar refractivity (Wildman–Crippen MR) is 50.4 cm³/mol. The molecule has 0 heterocycles. The van der Waals surface area contributed by atoms with Crippen molar-refractivity contribution in [1.82, 2.24) is 0 Å². The van der Waals surface area contributed by atoms with Gasteiger partial charge >= 0.3 is 5.97 Å². The normalized spacial score (nSPS) is 15.3. The second-order valence-corrected chi connectivity index (χ2v) is 3.37. The summed E-state index contributed by atoms with van der Waals surface area (Å²) in [7, 11) is 0. The molecule has 0 aliphatic rings. The summed E-state index contributed by atoms with van der Waals surface area (Å²) in [6.45, 7) is 2.11. The van der Waals surface area contributed by atoms with Gasteiger partial charge in [-0.2, -0.15) is 0 Å². The highest BCUT2D eigenvalue weighted by Crippen LogP contribution is 2.28. The first kappa shape index (κ1) is 12.4. The first-order valence-electron chi connectivity index (χ1n) is 4.67. The Morgan fingerprint density at radius 2 is 2.08 bits per heavy atom. The third-order valence-corrected chi connectivity index (χ3v) is 2.39. The fourth-order valence-electron chi connectivity index (χ4n) is 1.53. The number of carboxylic acid groups (broad SMARTS) is 1. The number of nitrogens with two attached hydrogens (primary N) is 1. The van der Waals surface area contributed by atoms with Gasteiger partial charge in [-0.25, -0.2) is 0 Å². The smallest absolute Gasteiger partial charge is 0.310 e. The van der Waals surface area contributed by atoms with Crippen LogP contribution in [0.25, 0.3) is 0 Å². The monoisotopic (exact) mass is 189 g/mol. The minimum absolute atomic E-state index is 0.0265. The van der Waals surface area contributed by atoms with Gasteiger partial charge in [-0.3, -0.25) is 4.79 Å². The number of carboxylic acids is 1. The van der Waals surface area contributed by atoms with Gasteiger partial charge in [0.05, 0.1) is 5.41 Å². The Kier molecular flexibility index (Phi) is 5.66. The van der Waals surface area contributed by atoms with Crippen LogP contribution in [0, 0.1) is 5.41 Å². The highest BCUT2D eigenvalue weighted by molar-refractivity contribution is 5.74. The number of hydrogen-bond acceptors (Lipinski definition) is 3. The summed E-state index contributed by atoms with van der Waals surface area (Å²) in [6, 6.07) is 0. The average Bonchev–Trinajstić information content (AvgIpc) is 2.12. The van der Waals surface area contributed by atoms with Crippen LogP contribution in [0.5, 0.6) is 0 Å². The zero-order valence-electron chi connectivity index (χ0n) is 8.12. The third kappa shape index (κ3) is 3.32. The molecule has 0 aromatic carbocycles. The summed E-state index contributed by atoms with van der Waals surface area (Å²) in [5.41, 5.74) is 4.65. The van der Waals surface area contributed by atoms with Crippen molar-refractivity contribution in [2.45, 2.75) is 32.6 Å². The summed E-state index contributed by atoms with van der Waals surface area (Å²) in [5.74, 6) is -0.842. The fraction of sp³-hybridized carbons (Fsp3) is 0.889. The number of aliphatic hydroxyl groups is 1. The Labute approximate surface area is 78.7 Å². The molecule has 4 heteroatoms. The van der Waals surface area contributed by atoms with E-state index in [0.29, 0.717) is 19.3 Å². The zero-order chi connectivity index (χ0) is 10.3. The molecule has 0 amide bonds. The lowest BCUT2D eigenvalue weighted by Gasteiger charge is -2.27. The first-order chi connectivity index (χ1) is 6.13. The van der Waals surface area contributed by atoms with Gasteiger partial charge in [0.2, 0.25) is 0 Å². The second kappa shape index (κ2) is 5.94. The Morgan fingerprint density at radius 1 is 1.46 bits per heavy atom. The van der Waals surface area contributed by atoms with E-state index in [1.165, 1.54) is 0 Å². The van der Waals surface area contributed by atoms with Gasteiger partial charge < -0.3 is 15.9 Å². The van der Waals surface area contributed by atoms with E-state index >= 15 is 0 Å². The van der Waals surface area contributed by atoms with Crippen LogP contribution in [0.4, 0.5) is 0 Å². The Morgan fingerprint density at radius 3 is 2.38 bits per heavy atom. The van der Waals surface area contributed by atoms with E-state index in [9.17, 15) is 4.79 Å². The highest BCUT2D eigenvalue weighted by atomic mass is 16.4. The van der Waals surface area contributed by atoms with Gasteiger partial charge in [0.25, 0.3) is 0 Å². The van der Waals surface area contributed by atoms with E-state index in [1.807, 2.05) is 6.92 Å². The Balaban J connectivity index is 4.35. The Bertz CT molecular complexity index is 161. The van der Waals surface area contributed by atoms with E-state index in [4.69, 9.17) is 15.9 Å². The van der Waals surface area contributed by atoms with Gasteiger partial charge in [0.1, 0.15) is 0 Å². The van der Waals surface area contributed by atoms with Gasteiger partial charge in [0.15, 0.2) is 0 Å². The van der Waals surface area contributed by atoms with E-state index in [0.717, 1.165) is 6.42 Å². The Hall–Kier alpha value is -0.610. The molecule has 0 fully saturated rings. The van der Waals surface area contributed by atoms with E-state index in [2.05, 4.69) is 0 Å². The molecule has 0 aliphatic carbocycles. The average molecular weight is 189 g/mol. The SMILES string of the molecule is CCCC(CN)(CCCO)C(=O)O. The van der Waals surface area contributed by atoms with Crippen molar-refractivity contribution in [3.63, 3.8) is 0 Å². The van der Waals surface area contributed by atoms with Gasteiger partial charge in [-0.05, 0) is 19.3 Å². The maximum absolute atomic E-state index is 11.0. The van der Waals surface area contributed by atoms with Crippen molar-refractivity contribution in [1.29, 1.82) is 0 Å². The summed E-state index contributed by atoms with van der Waals surface area (Å²) < 4.78 is 0. The topological polar surface area (TPSA) is 83.5 Å². The number of hydrogen-bond donors (Lipinski definition) is 3. The van der Waals surface area contributed by atoms with Crippen molar-refractivity contribution < 1.29 is 15.0 Å². The first-order valence-corrected chi connectivity index (χ1v) is 4.67. The van der Waals surface area contributed by atoms with Gasteiger partial charge in [-0.1, -0.05) is 13.3 Å². The van der Waals surface area contributed by atoms with Gasteiger partial charge in [-0.15, -0.1) is 0 Å². The molecule has 0 saturated heterocycles. The number of aliphatic carboxylic acids is 1. The summed E-state index contributed by atoms with van der Waals surface area (Å²) in [5, 5.41) is 17.7. The molecule has 0 aromatic heterocycles. The second-order valence-electron chi connectivity index (χ2n) is 3.37. The molecule has 4 nitrogen and oxygen atoms in total. The van der Waals surface area contributed by atoms with E-state index < -0.39 is 11.4 Å². The third-order valence-electron chi connectivity index (χ3n) is 2.39. The van der Waals surface area contributed by atoms with Crippen molar-refractivity contribution in [2.24, 2.45) is 11.1 Å². The quantitative estimate of drug-likeness (QED) is 0.547. The molecular formula is C9H19NO3. The predicted octanol–water partition coefficient (Wildman–Crippen LogP) is 0.589. The lowest BCUT2D eigenvalue weighted by Crippen LogP contribution is -2.38. The highest BCUT2D eigenvalue weighted by Gasteiger charge is 2.35. The van der Waals surface area contributed by atoms with Crippen LogP contribution >= 0.6 is 0 Å². The molecule has 1 atom stereocenters. The van der Waals surface area contributed by atoms with Crippen molar-refractivity contribution >= 4 is 5.97 Å². The van der Waals surface area contributed by atoms with Crippen LogP contribution in [0.2, 0.25) is 0 Å². The van der Waals surface area contributed by atoms with Gasteiger partial charge in [0, 0.05) is 13.2 Å². The molecular weight excluding hydrogens is 170 g/mol. The van der Waals surface area contributed by atoms with Crippen LogP contribution < -0.4 is 5.73 Å². The molecule has 0 aromatic rings. The lowest BCUT2D eigenvalue weighted by molar-refractivity contribution is -0.149. The molecule has 0 saturated carbocycles. The summed E-state index contributed by atoms with van der Waals surface area (Å²) >= 11 is 0. The lowest BCUT2D eigenvalue weighted by atomic mass is 9.79. The molecule has 4 N–H and O–H groups in total. The minimum atomic E-state index is -0.842. The van der Waals surface area contributed by atoms with Crippen LogP contribution in [0.15, 0.2) is 0 Å². The zero-order valence-corrected chi connectivity index (χ0v) is 8.12. The van der Waals surface area contributed by atoms with Crippen LogP contribution in [0.1, 0.15) is 32.6 Å². The molecule has 1 unspecified atom stereocenters. The summed E-state index contributed by atoms with van der Waals surface area (Å²) in [4.78, 5) is 11.0. The number of carbonyl (C=O) groups is 1. The standard InChI is InChI=1S/C9H19NO3/c1-2-4-9(7-10,8(12)13)5-3-6-11/h11H,2-7,10H2,1H3,(H,12,13). The molecule has 13 heavy (non-hydrogen) atoms. The van der Waals surface area contributed by atoms with E-state index in [-0.39, 0.29) is 13.2 Å². The fourth-order valence-corrected chi connectivity index (χ4v) is 1.53. The molecule has 0 aliphatic heterocycles. The van der Waals surface area contributed by atoms with Crippen molar-refractivity contribution in [2.75, 3.05) is 13.2 Å². The number of aliphatic hydroxyl groups excluding tert-OH is 1. The molecule has 0 rings (SSSR count).